The third-order valence-corrected chi connectivity index (χ3v) is 5.52. The Labute approximate surface area is 126 Å². The third-order valence-electron chi connectivity index (χ3n) is 2.52. The number of hydrogen-bond acceptors (Lipinski definition) is 6. The Kier molecular flexibility index (Phi) is 7.21. The van der Waals surface area contributed by atoms with E-state index in [2.05, 4.69) is 4.74 Å². The smallest absolute Gasteiger partial charge is 0.313 e. The van der Waals surface area contributed by atoms with Crippen LogP contribution in [0.25, 0.3) is 0 Å². The normalized spacial score (nSPS) is 14.5. The zero-order valence-electron chi connectivity index (χ0n) is 12.1. The summed E-state index contributed by atoms with van der Waals surface area (Å²) in [6.45, 7) is 3.33. The van der Waals surface area contributed by atoms with Gasteiger partial charge < -0.3 is 9.64 Å². The van der Waals surface area contributed by atoms with Gasteiger partial charge in [0.25, 0.3) is 10.0 Å². The molecule has 0 heterocycles. The molecule has 0 bridgehead atoms. The minimum absolute atomic E-state index is 0.127. The van der Waals surface area contributed by atoms with Crippen molar-refractivity contribution in [3.8, 4) is 0 Å². The number of hydrogen-bond donors (Lipinski definition) is 1. The monoisotopic (exact) mass is 374 g/mol. The lowest BCUT2D eigenvalue weighted by Gasteiger charge is -2.26. The zero-order chi connectivity index (χ0) is 17.8. The highest BCUT2D eigenvalue weighted by Crippen LogP contribution is 2.39. The van der Waals surface area contributed by atoms with Gasteiger partial charge in [0.05, 0.1) is 12.9 Å². The minimum Gasteiger partial charge on any atom is -0.313 e. The van der Waals surface area contributed by atoms with Crippen molar-refractivity contribution in [2.75, 3.05) is 32.5 Å². The molecule has 0 aliphatic heterocycles. The molecule has 0 amide bonds. The quantitative estimate of drug-likeness (QED) is 0.557. The molecular formula is C9H18F4N2O5S2. The van der Waals surface area contributed by atoms with Gasteiger partial charge in [0.2, 0.25) is 10.0 Å². The van der Waals surface area contributed by atoms with Crippen LogP contribution in [0.4, 0.5) is 17.6 Å². The summed E-state index contributed by atoms with van der Waals surface area (Å²) in [5.41, 5.74) is 0. The fraction of sp³-hybridized carbons (Fsp3) is 1.00. The molecule has 0 saturated carbocycles. The number of nitrogens with zero attached hydrogens (tertiary/aromatic N) is 1. The largest absolute Gasteiger partial charge is 0.449 e. The lowest BCUT2D eigenvalue weighted by molar-refractivity contribution is -0.317. The number of ether oxygens (including phenoxy) is 1. The molecule has 0 rings (SSSR count). The van der Waals surface area contributed by atoms with Crippen LogP contribution >= 0.6 is 0 Å². The van der Waals surface area contributed by atoms with Gasteiger partial charge in [0, 0.05) is 6.54 Å². The summed E-state index contributed by atoms with van der Waals surface area (Å²) in [5.74, 6) is 0. The molecule has 0 unspecified atom stereocenters. The second-order valence-electron chi connectivity index (χ2n) is 4.27. The molecule has 0 aliphatic rings. The van der Waals surface area contributed by atoms with Gasteiger partial charge in [0.15, 0.2) is 0 Å². The van der Waals surface area contributed by atoms with Crippen LogP contribution in [0.5, 0.6) is 0 Å². The first-order chi connectivity index (χ1) is 9.70. The maximum atomic E-state index is 13.4. The molecular weight excluding hydrogens is 356 g/mol. The van der Waals surface area contributed by atoms with E-state index < -0.39 is 38.0 Å². The fourth-order valence-electron chi connectivity index (χ4n) is 1.33. The maximum Gasteiger partial charge on any atom is 0.449 e. The maximum absolute atomic E-state index is 13.4. The fourth-order valence-corrected chi connectivity index (χ4v) is 3.72. The Morgan fingerprint density at radius 2 is 1.50 bits per heavy atom. The highest BCUT2D eigenvalue weighted by Gasteiger charge is 2.68. The molecule has 0 aromatic heterocycles. The molecule has 0 aromatic carbocycles. The van der Waals surface area contributed by atoms with Gasteiger partial charge in [-0.3, -0.25) is 0 Å². The summed E-state index contributed by atoms with van der Waals surface area (Å²) in [7, 11) is -10.9. The van der Waals surface area contributed by atoms with Crippen molar-refractivity contribution in [2.45, 2.75) is 25.2 Å². The molecule has 13 heteroatoms. The van der Waals surface area contributed by atoms with Gasteiger partial charge in [-0.15, -0.1) is 4.13 Å². The van der Waals surface area contributed by atoms with Crippen LogP contribution in [0.3, 0.4) is 0 Å². The molecule has 0 spiro atoms. The van der Waals surface area contributed by atoms with Gasteiger partial charge in [-0.2, -0.15) is 17.6 Å². The van der Waals surface area contributed by atoms with Crippen LogP contribution in [0.15, 0.2) is 0 Å². The van der Waals surface area contributed by atoms with Crippen LogP contribution in [-0.4, -0.2) is 65.6 Å². The molecule has 0 atom stereocenters. The van der Waals surface area contributed by atoms with E-state index in [-0.39, 0.29) is 12.8 Å². The molecule has 134 valence electrons. The number of likely N-dealkylation sites (N-methyl/N-ethyl adjacent to an activating group) is 1. The van der Waals surface area contributed by atoms with E-state index in [0.29, 0.717) is 17.2 Å². The van der Waals surface area contributed by atoms with Crippen molar-refractivity contribution >= 4 is 20.0 Å². The Morgan fingerprint density at radius 1 is 1.05 bits per heavy atom. The molecule has 0 saturated heterocycles. The van der Waals surface area contributed by atoms with E-state index in [1.807, 2.05) is 0 Å². The molecule has 22 heavy (non-hydrogen) atoms. The van der Waals surface area contributed by atoms with Crippen LogP contribution in [0.2, 0.25) is 0 Å². The summed E-state index contributed by atoms with van der Waals surface area (Å²) in [6, 6.07) is 0. The van der Waals surface area contributed by atoms with Gasteiger partial charge in [-0.1, -0.05) is 13.8 Å². The van der Waals surface area contributed by atoms with E-state index in [1.54, 1.807) is 18.7 Å². The Morgan fingerprint density at radius 3 is 1.86 bits per heavy atom. The van der Waals surface area contributed by atoms with Gasteiger partial charge in [0.1, 0.15) is 0 Å². The van der Waals surface area contributed by atoms with Crippen molar-refractivity contribution < 1.29 is 39.1 Å². The molecule has 0 aromatic rings. The van der Waals surface area contributed by atoms with Crippen molar-refractivity contribution in [1.29, 1.82) is 0 Å². The highest BCUT2D eigenvalue weighted by molar-refractivity contribution is 8.04. The summed E-state index contributed by atoms with van der Waals surface area (Å²) in [6.07, 6.45) is -5.16. The SMILES string of the molecule is CCN(CC)CCOC(F)(F)C(F)(F)S(=O)(=O)NS(C)(=O)=O. The third kappa shape index (κ3) is 5.61. The summed E-state index contributed by atoms with van der Waals surface area (Å²) < 4.78 is 101. The van der Waals surface area contributed by atoms with E-state index in [0.717, 1.165) is 0 Å². The number of nitrogens with one attached hydrogen (secondary N) is 1. The van der Waals surface area contributed by atoms with Crippen molar-refractivity contribution in [1.82, 2.24) is 9.03 Å². The molecule has 7 nitrogen and oxygen atoms in total. The average Bonchev–Trinajstić information content (AvgIpc) is 2.31. The first kappa shape index (κ1) is 21.5. The van der Waals surface area contributed by atoms with Gasteiger partial charge in [-0.05, 0) is 13.1 Å². The standard InChI is InChI=1S/C9H18F4N2O5S2/c1-4-15(5-2)6-7-20-8(10,11)9(12,13)22(18,19)14-21(3,16)17/h14H,4-7H2,1-3H3. The highest BCUT2D eigenvalue weighted by atomic mass is 32.3. The Balaban J connectivity index is 5.08. The predicted molar refractivity (Wildman–Crippen MR) is 70.5 cm³/mol. The second kappa shape index (κ2) is 7.38. The topological polar surface area (TPSA) is 92.8 Å². The predicted octanol–water partition coefficient (Wildman–Crippen LogP) is 0.409. The lowest BCUT2D eigenvalue weighted by atomic mass is 10.5. The van der Waals surface area contributed by atoms with Crippen molar-refractivity contribution in [3.63, 3.8) is 0 Å². The number of rotatable bonds is 10. The summed E-state index contributed by atoms with van der Waals surface area (Å²) in [4.78, 5) is 1.58. The van der Waals surface area contributed by atoms with Crippen LogP contribution in [-0.2, 0) is 24.8 Å². The lowest BCUT2D eigenvalue weighted by Crippen LogP contribution is -2.54. The van der Waals surface area contributed by atoms with E-state index in [4.69, 9.17) is 0 Å². The molecule has 0 aliphatic carbocycles. The Bertz CT molecular complexity index is 561. The van der Waals surface area contributed by atoms with E-state index in [1.165, 1.54) is 0 Å². The van der Waals surface area contributed by atoms with E-state index >= 15 is 0 Å². The second-order valence-corrected chi connectivity index (χ2v) is 8.00. The van der Waals surface area contributed by atoms with Crippen LogP contribution < -0.4 is 4.13 Å². The zero-order valence-corrected chi connectivity index (χ0v) is 13.8. The first-order valence-electron chi connectivity index (χ1n) is 6.05. The Hall–Kier alpha value is -0.500. The first-order valence-corrected chi connectivity index (χ1v) is 9.42. The number of sulfonamides is 2. The average molecular weight is 374 g/mol. The van der Waals surface area contributed by atoms with Crippen molar-refractivity contribution in [2.24, 2.45) is 0 Å². The van der Waals surface area contributed by atoms with Gasteiger partial charge >= 0.3 is 11.4 Å². The molecule has 1 N–H and O–H groups in total. The summed E-state index contributed by atoms with van der Waals surface area (Å²) >= 11 is 0. The van der Waals surface area contributed by atoms with Crippen LogP contribution in [0, 0.1) is 0 Å². The van der Waals surface area contributed by atoms with Crippen molar-refractivity contribution in [3.05, 3.63) is 0 Å². The number of alkyl halides is 4. The molecule has 0 fully saturated rings. The minimum atomic E-state index is -6.20. The molecule has 0 radical (unpaired) electrons. The summed E-state index contributed by atoms with van der Waals surface area (Å²) in [5, 5.41) is -5.76. The van der Waals surface area contributed by atoms with E-state index in [9.17, 15) is 34.4 Å². The van der Waals surface area contributed by atoms with Crippen LogP contribution in [0.1, 0.15) is 13.8 Å². The number of halogens is 4. The van der Waals surface area contributed by atoms with Gasteiger partial charge in [-0.25, -0.2) is 16.8 Å².